The van der Waals surface area contributed by atoms with Crippen LogP contribution in [0.4, 0.5) is 5.82 Å². The number of phenols is 1. The van der Waals surface area contributed by atoms with Gasteiger partial charge in [-0.15, -0.1) is 0 Å². The lowest BCUT2D eigenvalue weighted by molar-refractivity contribution is 0.324. The minimum atomic E-state index is -0.143. The molecule has 2 N–H and O–H groups in total. The normalized spacial score (nSPS) is 11.0. The molecular weight excluding hydrogens is 405 g/mol. The summed E-state index contributed by atoms with van der Waals surface area (Å²) in [6.45, 7) is 0. The Labute approximate surface area is 171 Å². The van der Waals surface area contributed by atoms with Crippen LogP contribution in [-0.4, -0.2) is 37.6 Å². The van der Waals surface area contributed by atoms with Crippen molar-refractivity contribution in [1.82, 2.24) is 4.98 Å². The average molecular weight is 422 g/mol. The van der Waals surface area contributed by atoms with Crippen LogP contribution in [0.25, 0.3) is 10.9 Å². The second kappa shape index (κ2) is 8.41. The Morgan fingerprint density at radius 1 is 1.00 bits per heavy atom. The fraction of sp³-hybridized carbons (Fsp3) is 0.158. The van der Waals surface area contributed by atoms with Gasteiger partial charge in [0, 0.05) is 10.9 Å². The molecule has 0 bridgehead atoms. The highest BCUT2D eigenvalue weighted by molar-refractivity contribution is 6.39. The molecule has 0 aliphatic carbocycles. The van der Waals surface area contributed by atoms with E-state index >= 15 is 0 Å². The molecule has 0 saturated carbocycles. The molecule has 0 atom stereocenters. The minimum absolute atomic E-state index is 0.126. The number of methoxy groups -OCH3 is 3. The Bertz CT molecular complexity index is 1060. The van der Waals surface area contributed by atoms with E-state index in [0.717, 1.165) is 0 Å². The number of aromatic nitrogens is 1. The molecule has 0 unspecified atom stereocenters. The van der Waals surface area contributed by atoms with E-state index in [-0.39, 0.29) is 16.3 Å². The predicted molar refractivity (Wildman–Crippen MR) is 111 cm³/mol. The number of anilines is 1. The maximum absolute atomic E-state index is 10.1. The molecule has 7 nitrogen and oxygen atoms in total. The Balaban J connectivity index is 1.90. The van der Waals surface area contributed by atoms with Crippen molar-refractivity contribution >= 4 is 46.1 Å². The van der Waals surface area contributed by atoms with Crippen molar-refractivity contribution in [3.63, 3.8) is 0 Å². The minimum Gasteiger partial charge on any atom is -0.504 e. The molecule has 146 valence electrons. The number of aromatic hydroxyl groups is 1. The van der Waals surface area contributed by atoms with Crippen molar-refractivity contribution in [1.29, 1.82) is 0 Å². The number of fused-ring (bicyclic) bond motifs is 1. The largest absolute Gasteiger partial charge is 0.504 e. The Kier molecular flexibility index (Phi) is 5.96. The van der Waals surface area contributed by atoms with Gasteiger partial charge in [0.15, 0.2) is 17.2 Å². The van der Waals surface area contributed by atoms with Crippen LogP contribution in [0, 0.1) is 0 Å². The molecular formula is C19H17Cl2N3O4. The van der Waals surface area contributed by atoms with E-state index in [4.69, 9.17) is 37.4 Å². The Hall–Kier alpha value is -2.90. The molecule has 0 spiro atoms. The molecule has 1 aromatic heterocycles. The van der Waals surface area contributed by atoms with Gasteiger partial charge in [0.05, 0.1) is 37.6 Å². The topological polar surface area (TPSA) is 85.2 Å². The van der Waals surface area contributed by atoms with Crippen LogP contribution in [0.15, 0.2) is 35.4 Å². The Morgan fingerprint density at radius 3 is 2.43 bits per heavy atom. The van der Waals surface area contributed by atoms with Crippen LogP contribution in [-0.2, 0) is 0 Å². The SMILES string of the molecule is COc1ccc(/C=N\Nc2ccc3c(Cl)cc(Cl)c(O)c3n2)c(OC)c1OC. The summed E-state index contributed by atoms with van der Waals surface area (Å²) in [5.74, 6) is 1.75. The number of hydrogen-bond donors (Lipinski definition) is 2. The number of hydrazone groups is 1. The van der Waals surface area contributed by atoms with Crippen molar-refractivity contribution in [2.24, 2.45) is 5.10 Å². The molecule has 3 rings (SSSR count). The van der Waals surface area contributed by atoms with Gasteiger partial charge in [0.1, 0.15) is 11.3 Å². The third-order valence-corrected chi connectivity index (χ3v) is 4.57. The van der Waals surface area contributed by atoms with Gasteiger partial charge < -0.3 is 19.3 Å². The summed E-state index contributed by atoms with van der Waals surface area (Å²) in [6.07, 6.45) is 1.55. The second-order valence-electron chi connectivity index (χ2n) is 5.58. The van der Waals surface area contributed by atoms with E-state index in [9.17, 15) is 5.11 Å². The molecule has 0 saturated heterocycles. The van der Waals surface area contributed by atoms with Gasteiger partial charge in [-0.3, -0.25) is 5.43 Å². The van der Waals surface area contributed by atoms with Crippen LogP contribution in [0.3, 0.4) is 0 Å². The molecule has 9 heteroatoms. The van der Waals surface area contributed by atoms with E-state index in [2.05, 4.69) is 15.5 Å². The summed E-state index contributed by atoms with van der Waals surface area (Å²) in [6, 6.07) is 8.40. The second-order valence-corrected chi connectivity index (χ2v) is 6.39. The smallest absolute Gasteiger partial charge is 0.203 e. The number of pyridine rings is 1. The first-order valence-corrected chi connectivity index (χ1v) is 8.81. The first-order valence-electron chi connectivity index (χ1n) is 8.06. The molecule has 2 aromatic carbocycles. The number of benzene rings is 2. The highest BCUT2D eigenvalue weighted by atomic mass is 35.5. The predicted octanol–water partition coefficient (Wildman–Crippen LogP) is 4.72. The highest BCUT2D eigenvalue weighted by Gasteiger charge is 2.15. The van der Waals surface area contributed by atoms with Crippen molar-refractivity contribution in [3.8, 4) is 23.0 Å². The van der Waals surface area contributed by atoms with E-state index in [1.807, 2.05) is 0 Å². The van der Waals surface area contributed by atoms with E-state index < -0.39 is 0 Å². The summed E-state index contributed by atoms with van der Waals surface area (Å²) < 4.78 is 16.0. The van der Waals surface area contributed by atoms with Gasteiger partial charge in [-0.05, 0) is 30.3 Å². The van der Waals surface area contributed by atoms with Gasteiger partial charge in [0.2, 0.25) is 5.75 Å². The number of ether oxygens (including phenoxy) is 3. The summed E-state index contributed by atoms with van der Waals surface area (Å²) in [4.78, 5) is 4.31. The lowest BCUT2D eigenvalue weighted by Crippen LogP contribution is -2.00. The summed E-state index contributed by atoms with van der Waals surface area (Å²) in [5.41, 5.74) is 3.75. The van der Waals surface area contributed by atoms with Crippen molar-refractivity contribution in [3.05, 3.63) is 45.9 Å². The molecule has 3 aromatic rings. The number of nitrogens with zero attached hydrogens (tertiary/aromatic N) is 2. The van der Waals surface area contributed by atoms with E-state index in [0.29, 0.717) is 39.0 Å². The Morgan fingerprint density at radius 2 is 1.75 bits per heavy atom. The molecule has 0 aliphatic heterocycles. The number of halogens is 2. The number of nitrogens with one attached hydrogen (secondary N) is 1. The van der Waals surface area contributed by atoms with Gasteiger partial charge >= 0.3 is 0 Å². The van der Waals surface area contributed by atoms with Gasteiger partial charge in [0.25, 0.3) is 0 Å². The average Bonchev–Trinajstić information content (AvgIpc) is 2.71. The zero-order valence-corrected chi connectivity index (χ0v) is 16.8. The lowest BCUT2D eigenvalue weighted by Gasteiger charge is -2.13. The molecule has 0 aliphatic rings. The zero-order valence-electron chi connectivity index (χ0n) is 15.3. The third kappa shape index (κ3) is 3.72. The molecule has 0 fully saturated rings. The highest BCUT2D eigenvalue weighted by Crippen LogP contribution is 2.39. The van der Waals surface area contributed by atoms with Crippen LogP contribution >= 0.6 is 23.2 Å². The van der Waals surface area contributed by atoms with E-state index in [1.54, 1.807) is 37.6 Å². The summed E-state index contributed by atoms with van der Waals surface area (Å²) in [5, 5.41) is 15.4. The number of rotatable bonds is 6. The quantitative estimate of drug-likeness (QED) is 0.442. The van der Waals surface area contributed by atoms with Gasteiger partial charge in [-0.1, -0.05) is 23.2 Å². The molecule has 1 heterocycles. The molecule has 0 radical (unpaired) electrons. The fourth-order valence-corrected chi connectivity index (χ4v) is 3.18. The molecule has 0 amide bonds. The van der Waals surface area contributed by atoms with Crippen molar-refractivity contribution in [2.45, 2.75) is 0 Å². The number of hydrogen-bond acceptors (Lipinski definition) is 7. The van der Waals surface area contributed by atoms with E-state index in [1.165, 1.54) is 20.3 Å². The third-order valence-electron chi connectivity index (χ3n) is 3.97. The standard InChI is InChI=1S/C19H17Cl2N3O4/c1-26-14-6-4-10(18(27-2)19(14)28-3)9-22-24-15-7-5-11-12(20)8-13(21)17(25)16(11)23-15/h4-9,25H,1-3H3,(H,23,24)/b22-9-. The summed E-state index contributed by atoms with van der Waals surface area (Å²) in [7, 11) is 4.61. The monoisotopic (exact) mass is 421 g/mol. The fourth-order valence-electron chi connectivity index (χ4n) is 2.66. The summed E-state index contributed by atoms with van der Waals surface area (Å²) >= 11 is 12.1. The van der Waals surface area contributed by atoms with Crippen LogP contribution in [0.5, 0.6) is 23.0 Å². The van der Waals surface area contributed by atoms with Crippen LogP contribution in [0.2, 0.25) is 10.0 Å². The number of phenolic OH excluding ortho intramolecular Hbond substituents is 1. The van der Waals surface area contributed by atoms with Crippen LogP contribution in [0.1, 0.15) is 5.56 Å². The maximum atomic E-state index is 10.1. The van der Waals surface area contributed by atoms with Crippen molar-refractivity contribution in [2.75, 3.05) is 26.8 Å². The first kappa shape index (κ1) is 19.9. The molecule has 28 heavy (non-hydrogen) atoms. The van der Waals surface area contributed by atoms with Crippen molar-refractivity contribution < 1.29 is 19.3 Å². The lowest BCUT2D eigenvalue weighted by atomic mass is 10.2. The first-order chi connectivity index (χ1) is 13.5. The van der Waals surface area contributed by atoms with Gasteiger partial charge in [-0.2, -0.15) is 5.10 Å². The van der Waals surface area contributed by atoms with Crippen LogP contribution < -0.4 is 19.6 Å². The zero-order chi connectivity index (χ0) is 20.3. The van der Waals surface area contributed by atoms with Gasteiger partial charge in [-0.25, -0.2) is 4.98 Å². The maximum Gasteiger partial charge on any atom is 0.203 e.